The summed E-state index contributed by atoms with van der Waals surface area (Å²) >= 11 is 0. The zero-order chi connectivity index (χ0) is 16.8. The first-order valence-electron chi connectivity index (χ1n) is 7.93. The summed E-state index contributed by atoms with van der Waals surface area (Å²) in [5, 5.41) is 3.01. The summed E-state index contributed by atoms with van der Waals surface area (Å²) in [6.45, 7) is 1.99. The van der Waals surface area contributed by atoms with E-state index in [0.717, 1.165) is 28.1 Å². The average Bonchev–Trinajstić information content (AvgIpc) is 2.63. The van der Waals surface area contributed by atoms with Gasteiger partial charge in [0.25, 0.3) is 0 Å². The zero-order valence-electron chi connectivity index (χ0n) is 13.6. The minimum atomic E-state index is -0.00404. The largest absolute Gasteiger partial charge is 0.326 e. The lowest BCUT2D eigenvalue weighted by Crippen LogP contribution is -2.13. The van der Waals surface area contributed by atoms with Crippen LogP contribution in [-0.4, -0.2) is 15.9 Å². The lowest BCUT2D eigenvalue weighted by atomic mass is 10.0. The Morgan fingerprint density at radius 2 is 1.83 bits per heavy atom. The Morgan fingerprint density at radius 1 is 1.00 bits per heavy atom. The molecule has 3 aromatic rings. The molecular weight excluding hydrogens is 298 g/mol. The summed E-state index contributed by atoms with van der Waals surface area (Å²) in [7, 11) is 0. The molecule has 0 aliphatic heterocycles. The van der Waals surface area contributed by atoms with Crippen molar-refractivity contribution in [1.82, 2.24) is 9.97 Å². The second-order valence-electron chi connectivity index (χ2n) is 5.63. The van der Waals surface area contributed by atoms with E-state index >= 15 is 0 Å². The number of rotatable bonds is 5. The van der Waals surface area contributed by atoms with Crippen molar-refractivity contribution in [1.29, 1.82) is 0 Å². The van der Waals surface area contributed by atoms with Crippen molar-refractivity contribution in [3.8, 4) is 11.1 Å². The molecule has 3 rings (SSSR count). The highest BCUT2D eigenvalue weighted by Crippen LogP contribution is 2.25. The van der Waals surface area contributed by atoms with E-state index in [0.29, 0.717) is 12.8 Å². The van der Waals surface area contributed by atoms with Gasteiger partial charge in [0.1, 0.15) is 0 Å². The van der Waals surface area contributed by atoms with Gasteiger partial charge in [0.2, 0.25) is 5.91 Å². The van der Waals surface area contributed by atoms with E-state index in [1.54, 1.807) is 18.6 Å². The van der Waals surface area contributed by atoms with E-state index in [-0.39, 0.29) is 5.91 Å². The Morgan fingerprint density at radius 3 is 2.58 bits per heavy atom. The number of aryl methyl sites for hydroxylation is 2. The summed E-state index contributed by atoms with van der Waals surface area (Å²) in [5.74, 6) is -0.00404. The van der Waals surface area contributed by atoms with Crippen molar-refractivity contribution in [2.45, 2.75) is 19.8 Å². The number of nitrogens with zero attached hydrogens (tertiary/aromatic N) is 2. The van der Waals surface area contributed by atoms with E-state index in [4.69, 9.17) is 0 Å². The maximum atomic E-state index is 12.2. The van der Waals surface area contributed by atoms with Gasteiger partial charge in [-0.05, 0) is 60.4 Å². The number of carbonyl (C=O) groups excluding carboxylic acids is 1. The van der Waals surface area contributed by atoms with Gasteiger partial charge in [-0.1, -0.05) is 18.2 Å². The van der Waals surface area contributed by atoms with Gasteiger partial charge in [0.05, 0.1) is 0 Å². The number of carbonyl (C=O) groups is 1. The van der Waals surface area contributed by atoms with Crippen molar-refractivity contribution < 1.29 is 4.79 Å². The van der Waals surface area contributed by atoms with Gasteiger partial charge in [-0.25, -0.2) is 0 Å². The van der Waals surface area contributed by atoms with Crippen LogP contribution in [0.25, 0.3) is 11.1 Å². The molecule has 4 nitrogen and oxygen atoms in total. The van der Waals surface area contributed by atoms with E-state index in [1.165, 1.54) is 0 Å². The van der Waals surface area contributed by atoms with Crippen molar-refractivity contribution in [3.63, 3.8) is 0 Å². The van der Waals surface area contributed by atoms with E-state index in [1.807, 2.05) is 55.5 Å². The topological polar surface area (TPSA) is 54.9 Å². The summed E-state index contributed by atoms with van der Waals surface area (Å²) in [4.78, 5) is 20.5. The first-order chi connectivity index (χ1) is 11.7. The molecule has 120 valence electrons. The molecule has 1 amide bonds. The van der Waals surface area contributed by atoms with Crippen LogP contribution in [0.4, 0.5) is 5.69 Å². The molecule has 0 saturated heterocycles. The van der Waals surface area contributed by atoms with Crippen LogP contribution in [0, 0.1) is 6.92 Å². The molecule has 1 aromatic carbocycles. The predicted molar refractivity (Wildman–Crippen MR) is 95.6 cm³/mol. The van der Waals surface area contributed by atoms with E-state index in [9.17, 15) is 4.79 Å². The van der Waals surface area contributed by atoms with Gasteiger partial charge in [-0.15, -0.1) is 0 Å². The van der Waals surface area contributed by atoms with Gasteiger partial charge >= 0.3 is 0 Å². The second-order valence-corrected chi connectivity index (χ2v) is 5.63. The Bertz CT molecular complexity index is 817. The molecule has 0 atom stereocenters. The van der Waals surface area contributed by atoms with E-state index < -0.39 is 0 Å². The Hall–Kier alpha value is -3.01. The van der Waals surface area contributed by atoms with Gasteiger partial charge in [-0.3, -0.25) is 14.8 Å². The third-order valence-corrected chi connectivity index (χ3v) is 3.86. The van der Waals surface area contributed by atoms with Crippen LogP contribution in [0.2, 0.25) is 0 Å². The lowest BCUT2D eigenvalue weighted by Gasteiger charge is -2.11. The monoisotopic (exact) mass is 317 g/mol. The standard InChI is InChI=1S/C20H19N3O/c1-15-5-6-17(16-9-12-21-13-10-16)14-19(15)23-20(24)8-7-18-4-2-3-11-22-18/h2-6,9-14H,7-8H2,1H3,(H,23,24). The molecule has 2 heterocycles. The first-order valence-corrected chi connectivity index (χ1v) is 7.93. The number of aromatic nitrogens is 2. The molecule has 0 aliphatic carbocycles. The van der Waals surface area contributed by atoms with Crippen molar-refractivity contribution in [2.75, 3.05) is 5.32 Å². The van der Waals surface area contributed by atoms with Crippen LogP contribution in [0.15, 0.2) is 67.1 Å². The third kappa shape index (κ3) is 4.04. The number of hydrogen-bond acceptors (Lipinski definition) is 3. The smallest absolute Gasteiger partial charge is 0.224 e. The zero-order valence-corrected chi connectivity index (χ0v) is 13.6. The quantitative estimate of drug-likeness (QED) is 0.773. The van der Waals surface area contributed by atoms with Crippen LogP contribution in [-0.2, 0) is 11.2 Å². The molecule has 0 saturated carbocycles. The number of benzene rings is 1. The number of amides is 1. The molecule has 0 spiro atoms. The Balaban J connectivity index is 1.69. The third-order valence-electron chi connectivity index (χ3n) is 3.86. The van der Waals surface area contributed by atoms with E-state index in [2.05, 4.69) is 15.3 Å². The van der Waals surface area contributed by atoms with Gasteiger partial charge in [-0.2, -0.15) is 0 Å². The summed E-state index contributed by atoms with van der Waals surface area (Å²) in [6, 6.07) is 15.7. The Labute approximate surface area is 141 Å². The molecule has 0 unspecified atom stereocenters. The number of pyridine rings is 2. The van der Waals surface area contributed by atoms with Crippen molar-refractivity contribution in [3.05, 3.63) is 78.4 Å². The minimum absolute atomic E-state index is 0.00404. The summed E-state index contributed by atoms with van der Waals surface area (Å²) in [6.07, 6.45) is 6.32. The molecule has 0 aliphatic rings. The van der Waals surface area contributed by atoms with Gasteiger partial charge in [0, 0.05) is 36.4 Å². The molecule has 2 aromatic heterocycles. The van der Waals surface area contributed by atoms with Crippen molar-refractivity contribution in [2.24, 2.45) is 0 Å². The molecule has 0 radical (unpaired) electrons. The predicted octanol–water partition coefficient (Wildman–Crippen LogP) is 4.02. The number of anilines is 1. The van der Waals surface area contributed by atoms with Gasteiger partial charge in [0.15, 0.2) is 0 Å². The highest BCUT2D eigenvalue weighted by molar-refractivity contribution is 5.92. The van der Waals surface area contributed by atoms with Crippen LogP contribution in [0.1, 0.15) is 17.7 Å². The Kier molecular flexibility index (Phi) is 4.96. The molecule has 1 N–H and O–H groups in total. The fourth-order valence-electron chi connectivity index (χ4n) is 2.48. The first kappa shape index (κ1) is 15.9. The molecule has 24 heavy (non-hydrogen) atoms. The highest BCUT2D eigenvalue weighted by atomic mass is 16.1. The molecule has 4 heteroatoms. The molecule has 0 fully saturated rings. The second kappa shape index (κ2) is 7.51. The fraction of sp³-hybridized carbons (Fsp3) is 0.150. The number of nitrogens with one attached hydrogen (secondary N) is 1. The molecule has 0 bridgehead atoms. The average molecular weight is 317 g/mol. The normalized spacial score (nSPS) is 10.4. The highest BCUT2D eigenvalue weighted by Gasteiger charge is 2.07. The summed E-state index contributed by atoms with van der Waals surface area (Å²) in [5.41, 5.74) is 4.95. The van der Waals surface area contributed by atoms with Crippen LogP contribution >= 0.6 is 0 Å². The lowest BCUT2D eigenvalue weighted by molar-refractivity contribution is -0.116. The van der Waals surface area contributed by atoms with Crippen LogP contribution in [0.3, 0.4) is 0 Å². The fourth-order valence-corrected chi connectivity index (χ4v) is 2.48. The maximum absolute atomic E-state index is 12.2. The SMILES string of the molecule is Cc1ccc(-c2ccncc2)cc1NC(=O)CCc1ccccn1. The van der Waals surface area contributed by atoms with Gasteiger partial charge < -0.3 is 5.32 Å². The van der Waals surface area contributed by atoms with Crippen LogP contribution in [0.5, 0.6) is 0 Å². The van der Waals surface area contributed by atoms with Crippen LogP contribution < -0.4 is 5.32 Å². The maximum Gasteiger partial charge on any atom is 0.224 e. The van der Waals surface area contributed by atoms with Crippen molar-refractivity contribution >= 4 is 11.6 Å². The number of hydrogen-bond donors (Lipinski definition) is 1. The minimum Gasteiger partial charge on any atom is -0.326 e. The summed E-state index contributed by atoms with van der Waals surface area (Å²) < 4.78 is 0. The molecular formula is C20H19N3O.